The minimum absolute atomic E-state index is 0.0498. The highest BCUT2D eigenvalue weighted by Gasteiger charge is 2.42. The van der Waals surface area contributed by atoms with Gasteiger partial charge < -0.3 is 9.67 Å². The van der Waals surface area contributed by atoms with Crippen LogP contribution >= 0.6 is 0 Å². The van der Waals surface area contributed by atoms with E-state index in [9.17, 15) is 23.1 Å². The lowest BCUT2D eigenvalue weighted by molar-refractivity contribution is -0.124. The van der Waals surface area contributed by atoms with E-state index in [4.69, 9.17) is 0 Å². The number of aromatic nitrogens is 1. The van der Waals surface area contributed by atoms with Gasteiger partial charge in [-0.25, -0.2) is 8.42 Å². The van der Waals surface area contributed by atoms with Gasteiger partial charge in [0.25, 0.3) is 5.56 Å². The molecule has 1 aliphatic carbocycles. The highest BCUT2D eigenvalue weighted by molar-refractivity contribution is 7.92. The molecule has 7 heteroatoms. The molecular formula is C27H31NO5S. The van der Waals surface area contributed by atoms with Gasteiger partial charge >= 0.3 is 0 Å². The van der Waals surface area contributed by atoms with Crippen molar-refractivity contribution in [3.63, 3.8) is 0 Å². The zero-order valence-corrected chi connectivity index (χ0v) is 20.5. The summed E-state index contributed by atoms with van der Waals surface area (Å²) in [5.41, 5.74) is 3.22. The summed E-state index contributed by atoms with van der Waals surface area (Å²) in [5.74, 6) is 0.145. The van der Waals surface area contributed by atoms with Crippen LogP contribution in [0.3, 0.4) is 0 Å². The molecule has 1 fully saturated rings. The average molecular weight is 482 g/mol. The van der Waals surface area contributed by atoms with Crippen molar-refractivity contribution in [2.24, 2.45) is 5.92 Å². The van der Waals surface area contributed by atoms with E-state index >= 15 is 0 Å². The van der Waals surface area contributed by atoms with Crippen LogP contribution in [0.15, 0.2) is 59.5 Å². The Hall–Kier alpha value is -2.77. The lowest BCUT2D eigenvalue weighted by atomic mass is 9.99. The van der Waals surface area contributed by atoms with Crippen molar-refractivity contribution in [2.75, 3.05) is 12.9 Å². The maximum Gasteiger partial charge on any atom is 0.258 e. The molecule has 3 aromatic rings. The number of aryl methyl sites for hydroxylation is 2. The summed E-state index contributed by atoms with van der Waals surface area (Å²) in [7, 11) is -3.77. The van der Waals surface area contributed by atoms with Crippen molar-refractivity contribution >= 4 is 26.4 Å². The first-order valence-corrected chi connectivity index (χ1v) is 13.6. The number of carbonyl (C=O) groups is 1. The summed E-state index contributed by atoms with van der Waals surface area (Å²) in [5, 5.41) is 10.6. The quantitative estimate of drug-likeness (QED) is 0.476. The first kappa shape index (κ1) is 24.4. The van der Waals surface area contributed by atoms with E-state index in [-0.39, 0.29) is 18.5 Å². The molecule has 2 aromatic carbocycles. The van der Waals surface area contributed by atoms with Gasteiger partial charge in [0, 0.05) is 24.4 Å². The Balaban J connectivity index is 1.54. The van der Waals surface area contributed by atoms with Crippen molar-refractivity contribution in [1.29, 1.82) is 0 Å². The van der Waals surface area contributed by atoms with E-state index in [1.54, 1.807) is 12.3 Å². The van der Waals surface area contributed by atoms with Crippen LogP contribution in [0.5, 0.6) is 0 Å². The largest absolute Gasteiger partial charge is 0.389 e. The van der Waals surface area contributed by atoms with Crippen molar-refractivity contribution in [3.05, 3.63) is 70.6 Å². The van der Waals surface area contributed by atoms with Crippen LogP contribution in [-0.2, 0) is 27.6 Å². The van der Waals surface area contributed by atoms with Crippen LogP contribution in [0.1, 0.15) is 38.2 Å². The smallest absolute Gasteiger partial charge is 0.258 e. The highest BCUT2D eigenvalue weighted by atomic mass is 32.2. The van der Waals surface area contributed by atoms with E-state index < -0.39 is 27.0 Å². The molecule has 0 amide bonds. The Morgan fingerprint density at radius 2 is 1.76 bits per heavy atom. The Kier molecular flexibility index (Phi) is 6.78. The minimum atomic E-state index is -3.77. The number of aliphatic hydroxyl groups is 1. The summed E-state index contributed by atoms with van der Waals surface area (Å²) in [6, 6.07) is 16.1. The van der Waals surface area contributed by atoms with E-state index in [1.807, 2.05) is 18.2 Å². The number of benzene rings is 2. The topological polar surface area (TPSA) is 93.4 Å². The number of rotatable bonds is 10. The normalized spacial score (nSPS) is 15.9. The lowest BCUT2D eigenvalue weighted by Gasteiger charge is -2.25. The molecule has 1 aromatic heterocycles. The third-order valence-corrected chi connectivity index (χ3v) is 9.25. The fraction of sp³-hybridized carbons (Fsp3) is 0.407. The number of hydrogen-bond donors (Lipinski definition) is 1. The van der Waals surface area contributed by atoms with Gasteiger partial charge in [0.05, 0.1) is 0 Å². The van der Waals surface area contributed by atoms with Gasteiger partial charge in [0.1, 0.15) is 11.4 Å². The Morgan fingerprint density at radius 3 is 2.38 bits per heavy atom. The lowest BCUT2D eigenvalue weighted by Crippen LogP contribution is -2.46. The molecule has 6 nitrogen and oxygen atoms in total. The standard InChI is InChI=1S/C27H31NO5S/c1-27(25(30)18-29,34(2,32)33)14-16-28-15-13-23-17-22(11-12-24(23)26(28)31)21-9-7-20(8-10-21)6-5-19-3-4-19/h7-13,15,17,19,29H,3-6,14,16,18H2,1-2H3/t27-/m1/s1. The highest BCUT2D eigenvalue weighted by Crippen LogP contribution is 2.33. The van der Waals surface area contributed by atoms with E-state index in [1.165, 1.54) is 36.3 Å². The molecular weight excluding hydrogens is 450 g/mol. The molecule has 0 spiro atoms. The van der Waals surface area contributed by atoms with Crippen LogP contribution < -0.4 is 5.56 Å². The second-order valence-corrected chi connectivity index (χ2v) is 12.1. The van der Waals surface area contributed by atoms with E-state index in [0.717, 1.165) is 35.1 Å². The predicted molar refractivity (Wildman–Crippen MR) is 135 cm³/mol. The maximum absolute atomic E-state index is 13.0. The van der Waals surface area contributed by atoms with Gasteiger partial charge in [-0.2, -0.15) is 0 Å². The molecule has 4 rings (SSSR count). The Labute approximate surface area is 200 Å². The fourth-order valence-electron chi connectivity index (χ4n) is 4.32. The summed E-state index contributed by atoms with van der Waals surface area (Å²) in [6.07, 6.45) is 7.63. The van der Waals surface area contributed by atoms with Gasteiger partial charge in [0.15, 0.2) is 15.6 Å². The second kappa shape index (κ2) is 9.47. The molecule has 0 aliphatic heterocycles. The molecule has 180 valence electrons. The van der Waals surface area contributed by atoms with E-state index in [0.29, 0.717) is 5.39 Å². The molecule has 1 saturated carbocycles. The SMILES string of the molecule is C[C@@](CCn1ccc2cc(-c3ccc(CCC4CC4)cc3)ccc2c1=O)(C(=O)CO)S(C)(=O)=O. The molecule has 0 radical (unpaired) electrons. The molecule has 1 aliphatic rings. The van der Waals surface area contributed by atoms with Crippen LogP contribution in [0.4, 0.5) is 0 Å². The Morgan fingerprint density at radius 1 is 1.09 bits per heavy atom. The molecule has 0 saturated heterocycles. The first-order chi connectivity index (χ1) is 16.1. The summed E-state index contributed by atoms with van der Waals surface area (Å²) >= 11 is 0. The molecule has 0 bridgehead atoms. The number of aliphatic hydroxyl groups excluding tert-OH is 1. The van der Waals surface area contributed by atoms with Crippen LogP contribution in [-0.4, -0.2) is 41.5 Å². The summed E-state index contributed by atoms with van der Waals surface area (Å²) in [4.78, 5) is 25.2. The first-order valence-electron chi connectivity index (χ1n) is 11.7. The third-order valence-electron chi connectivity index (χ3n) is 7.18. The molecule has 34 heavy (non-hydrogen) atoms. The number of Topliss-reactive ketones (excluding diaryl/α,β-unsaturated/α-hetero) is 1. The van der Waals surface area contributed by atoms with E-state index in [2.05, 4.69) is 24.3 Å². The predicted octanol–water partition coefficient (Wildman–Crippen LogP) is 3.77. The van der Waals surface area contributed by atoms with Crippen LogP contribution in [0.2, 0.25) is 0 Å². The van der Waals surface area contributed by atoms with Crippen LogP contribution in [0, 0.1) is 5.92 Å². The Bertz CT molecular complexity index is 1370. The number of fused-ring (bicyclic) bond motifs is 1. The van der Waals surface area contributed by atoms with Gasteiger partial charge in [-0.15, -0.1) is 0 Å². The molecule has 1 N–H and O–H groups in total. The fourth-order valence-corrected chi connectivity index (χ4v) is 5.26. The van der Waals surface area contributed by atoms with Gasteiger partial charge in [-0.05, 0) is 72.4 Å². The van der Waals surface area contributed by atoms with Crippen molar-refractivity contribution in [2.45, 2.75) is 50.3 Å². The number of ketones is 1. The van der Waals surface area contributed by atoms with Crippen LogP contribution in [0.25, 0.3) is 21.9 Å². The monoisotopic (exact) mass is 481 g/mol. The number of nitrogens with zero attached hydrogens (tertiary/aromatic N) is 1. The summed E-state index contributed by atoms with van der Waals surface area (Å²) in [6.45, 7) is 0.491. The number of sulfone groups is 1. The van der Waals surface area contributed by atoms with Gasteiger partial charge in [-0.3, -0.25) is 9.59 Å². The maximum atomic E-state index is 13.0. The average Bonchev–Trinajstić information content (AvgIpc) is 3.65. The number of carbonyl (C=O) groups excluding carboxylic acids is 1. The molecule has 0 unspecified atom stereocenters. The van der Waals surface area contributed by atoms with Crippen molar-refractivity contribution in [3.8, 4) is 11.1 Å². The van der Waals surface area contributed by atoms with Crippen molar-refractivity contribution in [1.82, 2.24) is 4.57 Å². The zero-order chi connectivity index (χ0) is 24.5. The molecule has 1 atom stereocenters. The number of pyridine rings is 1. The number of hydrogen-bond acceptors (Lipinski definition) is 5. The summed E-state index contributed by atoms with van der Waals surface area (Å²) < 4.78 is 24.1. The zero-order valence-electron chi connectivity index (χ0n) is 19.7. The third kappa shape index (κ3) is 5.00. The molecule has 1 heterocycles. The second-order valence-electron chi connectivity index (χ2n) is 9.63. The van der Waals surface area contributed by atoms with Crippen molar-refractivity contribution < 1.29 is 18.3 Å². The van der Waals surface area contributed by atoms with Gasteiger partial charge in [0.2, 0.25) is 0 Å². The van der Waals surface area contributed by atoms with Gasteiger partial charge in [-0.1, -0.05) is 43.2 Å². The minimum Gasteiger partial charge on any atom is -0.389 e.